The van der Waals surface area contributed by atoms with E-state index in [1.54, 1.807) is 12.1 Å². The summed E-state index contributed by atoms with van der Waals surface area (Å²) in [6, 6.07) is 11.6. The van der Waals surface area contributed by atoms with Crippen LogP contribution in [0.15, 0.2) is 40.9 Å². The summed E-state index contributed by atoms with van der Waals surface area (Å²) in [5, 5.41) is 11.2. The number of nitrogens with zero attached hydrogens (tertiary/aromatic N) is 2. The summed E-state index contributed by atoms with van der Waals surface area (Å²) in [5.41, 5.74) is 1.17. The minimum absolute atomic E-state index is 0.396. The van der Waals surface area contributed by atoms with Gasteiger partial charge in [0.05, 0.1) is 0 Å². The minimum atomic E-state index is 0.396. The molecule has 0 aliphatic rings. The molecule has 1 N–H and O–H groups in total. The number of hydrogen-bond donors (Lipinski definition) is 1. The molecule has 82 valence electrons. The maximum atomic E-state index is 5.64. The average molecular weight is 299 g/mol. The fourth-order valence-corrected chi connectivity index (χ4v) is 1.80. The van der Waals surface area contributed by atoms with E-state index in [0.29, 0.717) is 17.5 Å². The van der Waals surface area contributed by atoms with E-state index >= 15 is 0 Å². The highest BCUT2D eigenvalue weighted by atomic mass is 79.9. The molecule has 3 nitrogen and oxygen atoms in total. The molecule has 0 saturated heterocycles. The number of hydrogen-bond acceptors (Lipinski definition) is 3. The monoisotopic (exact) mass is 297 g/mol. The highest BCUT2D eigenvalue weighted by molar-refractivity contribution is 9.10. The molecule has 0 aliphatic heterocycles. The van der Waals surface area contributed by atoms with Crippen molar-refractivity contribution >= 4 is 33.3 Å². The van der Waals surface area contributed by atoms with Crippen LogP contribution in [0.1, 0.15) is 5.56 Å². The van der Waals surface area contributed by atoms with Crippen LogP contribution in [0.25, 0.3) is 0 Å². The minimum Gasteiger partial charge on any atom is -0.365 e. The average Bonchev–Trinajstić information content (AvgIpc) is 2.28. The standard InChI is InChI=1S/C11H9BrClN3/c12-9-3-1-2-8(6-9)7-14-11-5-4-10(13)15-16-11/h1-6H,7H2,(H,14,16). The van der Waals surface area contributed by atoms with Gasteiger partial charge in [-0.25, -0.2) is 0 Å². The number of benzene rings is 1. The van der Waals surface area contributed by atoms with Crippen molar-refractivity contribution in [3.05, 3.63) is 51.6 Å². The second-order valence-electron chi connectivity index (χ2n) is 3.22. The van der Waals surface area contributed by atoms with Gasteiger partial charge >= 0.3 is 0 Å². The Hall–Kier alpha value is -1.13. The van der Waals surface area contributed by atoms with Gasteiger partial charge in [0.1, 0.15) is 5.82 Å². The van der Waals surface area contributed by atoms with Crippen molar-refractivity contribution in [2.24, 2.45) is 0 Å². The topological polar surface area (TPSA) is 37.8 Å². The number of rotatable bonds is 3. The largest absolute Gasteiger partial charge is 0.365 e. The van der Waals surface area contributed by atoms with E-state index in [1.165, 1.54) is 5.56 Å². The molecular weight excluding hydrogens is 289 g/mol. The lowest BCUT2D eigenvalue weighted by molar-refractivity contribution is 1.00. The van der Waals surface area contributed by atoms with Gasteiger partial charge in [-0.3, -0.25) is 0 Å². The van der Waals surface area contributed by atoms with Gasteiger partial charge in [0.2, 0.25) is 0 Å². The lowest BCUT2D eigenvalue weighted by atomic mass is 10.2. The van der Waals surface area contributed by atoms with Crippen molar-refractivity contribution in [2.45, 2.75) is 6.54 Å². The molecule has 2 rings (SSSR count). The molecule has 0 fully saturated rings. The maximum Gasteiger partial charge on any atom is 0.151 e. The fraction of sp³-hybridized carbons (Fsp3) is 0.0909. The Balaban J connectivity index is 1.99. The van der Waals surface area contributed by atoms with Crippen LogP contribution in [-0.2, 0) is 6.54 Å². The predicted octanol–water partition coefficient (Wildman–Crippen LogP) is 3.50. The summed E-state index contributed by atoms with van der Waals surface area (Å²) in [7, 11) is 0. The SMILES string of the molecule is Clc1ccc(NCc2cccc(Br)c2)nn1. The smallest absolute Gasteiger partial charge is 0.151 e. The van der Waals surface area contributed by atoms with Crippen LogP contribution in [0.2, 0.25) is 5.15 Å². The second-order valence-corrected chi connectivity index (χ2v) is 4.53. The van der Waals surface area contributed by atoms with Crippen LogP contribution in [0.4, 0.5) is 5.82 Å². The van der Waals surface area contributed by atoms with Gasteiger partial charge in [0.25, 0.3) is 0 Å². The third-order valence-corrected chi connectivity index (χ3v) is 2.69. The van der Waals surface area contributed by atoms with Crippen LogP contribution in [0.3, 0.4) is 0 Å². The second kappa shape index (κ2) is 5.27. The van der Waals surface area contributed by atoms with Gasteiger partial charge in [-0.15, -0.1) is 10.2 Å². The molecule has 1 heterocycles. The van der Waals surface area contributed by atoms with Gasteiger partial charge in [0, 0.05) is 11.0 Å². The molecule has 0 unspecified atom stereocenters. The molecule has 2 aromatic rings. The van der Waals surface area contributed by atoms with Gasteiger partial charge in [-0.2, -0.15) is 0 Å². The summed E-state index contributed by atoms with van der Waals surface area (Å²) < 4.78 is 1.06. The van der Waals surface area contributed by atoms with Gasteiger partial charge in [0.15, 0.2) is 5.15 Å². The van der Waals surface area contributed by atoms with Crippen LogP contribution < -0.4 is 5.32 Å². The van der Waals surface area contributed by atoms with E-state index in [2.05, 4.69) is 37.5 Å². The predicted molar refractivity (Wildman–Crippen MR) is 68.5 cm³/mol. The highest BCUT2D eigenvalue weighted by Crippen LogP contribution is 2.13. The number of anilines is 1. The van der Waals surface area contributed by atoms with E-state index in [9.17, 15) is 0 Å². The Morgan fingerprint density at radius 1 is 1.19 bits per heavy atom. The first-order chi connectivity index (χ1) is 7.74. The quantitative estimate of drug-likeness (QED) is 0.942. The zero-order valence-corrected chi connectivity index (χ0v) is 10.7. The summed E-state index contributed by atoms with van der Waals surface area (Å²) >= 11 is 9.07. The van der Waals surface area contributed by atoms with E-state index in [4.69, 9.17) is 11.6 Å². The summed E-state index contributed by atoms with van der Waals surface area (Å²) in [4.78, 5) is 0. The first-order valence-corrected chi connectivity index (χ1v) is 5.89. The highest BCUT2D eigenvalue weighted by Gasteiger charge is 1.97. The Labute approximate surface area is 107 Å². The molecule has 0 aliphatic carbocycles. The van der Waals surface area contributed by atoms with Crippen molar-refractivity contribution in [1.82, 2.24) is 10.2 Å². The molecule has 0 atom stereocenters. The first-order valence-electron chi connectivity index (χ1n) is 4.71. The number of halogens is 2. The van der Waals surface area contributed by atoms with E-state index in [0.717, 1.165) is 4.47 Å². The van der Waals surface area contributed by atoms with Gasteiger partial charge in [-0.05, 0) is 29.8 Å². The molecule has 0 saturated carbocycles. The lowest BCUT2D eigenvalue weighted by Gasteiger charge is -2.05. The molecule has 1 aromatic carbocycles. The van der Waals surface area contributed by atoms with Crippen LogP contribution in [0, 0.1) is 0 Å². The summed E-state index contributed by atoms with van der Waals surface area (Å²) in [5.74, 6) is 0.712. The van der Waals surface area contributed by atoms with Crippen molar-refractivity contribution in [2.75, 3.05) is 5.32 Å². The van der Waals surface area contributed by atoms with Gasteiger partial charge in [-0.1, -0.05) is 39.7 Å². The first kappa shape index (κ1) is 11.4. The summed E-state index contributed by atoms with van der Waals surface area (Å²) in [6.45, 7) is 0.704. The zero-order valence-electron chi connectivity index (χ0n) is 8.32. The van der Waals surface area contributed by atoms with Crippen LogP contribution in [0.5, 0.6) is 0 Å². The van der Waals surface area contributed by atoms with Crippen molar-refractivity contribution in [3.8, 4) is 0 Å². The fourth-order valence-electron chi connectivity index (χ4n) is 1.25. The van der Waals surface area contributed by atoms with E-state index < -0.39 is 0 Å². The van der Waals surface area contributed by atoms with E-state index in [-0.39, 0.29) is 0 Å². The number of nitrogens with one attached hydrogen (secondary N) is 1. The van der Waals surface area contributed by atoms with Gasteiger partial charge < -0.3 is 5.32 Å². The molecule has 16 heavy (non-hydrogen) atoms. The van der Waals surface area contributed by atoms with Crippen molar-refractivity contribution in [1.29, 1.82) is 0 Å². The zero-order chi connectivity index (χ0) is 11.4. The van der Waals surface area contributed by atoms with Crippen LogP contribution in [-0.4, -0.2) is 10.2 Å². The Bertz CT molecular complexity index is 473. The maximum absolute atomic E-state index is 5.64. The van der Waals surface area contributed by atoms with Crippen molar-refractivity contribution < 1.29 is 0 Å². The molecule has 1 aromatic heterocycles. The summed E-state index contributed by atoms with van der Waals surface area (Å²) in [6.07, 6.45) is 0. The molecular formula is C11H9BrClN3. The normalized spacial score (nSPS) is 10.1. The Kier molecular flexibility index (Phi) is 3.74. The Morgan fingerprint density at radius 2 is 2.06 bits per heavy atom. The molecule has 5 heteroatoms. The van der Waals surface area contributed by atoms with E-state index in [1.807, 2.05) is 18.2 Å². The third-order valence-electron chi connectivity index (χ3n) is 1.99. The third kappa shape index (κ3) is 3.18. The number of aromatic nitrogens is 2. The molecule has 0 radical (unpaired) electrons. The van der Waals surface area contributed by atoms with Crippen LogP contribution >= 0.6 is 27.5 Å². The van der Waals surface area contributed by atoms with Crippen molar-refractivity contribution in [3.63, 3.8) is 0 Å². The molecule has 0 amide bonds. The molecule has 0 bridgehead atoms. The Morgan fingerprint density at radius 3 is 2.75 bits per heavy atom. The lowest BCUT2D eigenvalue weighted by Crippen LogP contribution is -2.01. The molecule has 0 spiro atoms.